The van der Waals surface area contributed by atoms with E-state index in [1.165, 1.54) is 25.0 Å². The predicted molar refractivity (Wildman–Crippen MR) is 443 cm³/mol. The number of carbonyl (C=O) groups excluding carboxylic acids is 13. The second-order valence-electron chi connectivity index (χ2n) is 27.9. The molecule has 3 aromatic rings. The van der Waals surface area contributed by atoms with Gasteiger partial charge in [-0.1, -0.05) is 64.4 Å². The van der Waals surface area contributed by atoms with Gasteiger partial charge in [-0.2, -0.15) is 12.6 Å². The number of nitrogens with two attached hydrogens (primary N) is 6. The number of amides is 13. The Hall–Kier alpha value is -10.3. The molecule has 0 fully saturated rings. The molecule has 2 aromatic heterocycles. The van der Waals surface area contributed by atoms with Crippen LogP contribution in [-0.2, 0) is 91.2 Å². The summed E-state index contributed by atoms with van der Waals surface area (Å²) in [5.41, 5.74) is 34.5. The SMILES string of the molecule is CC[C@H](C)[C@H](NC(=O)[C@H](CC(C)C)NC(=O)[C@H](Cc1cnc[nH]1)NC(=O)[C@H](CCCN=C(N)N)NC(=O)[C@H](CS)NC(=O)[C@H](Cc1cnc[nH]1)NC(=O)[C@H](CS)NC(=O)[C@H](CS)NC(=O)[C@H](C[Se])NC(=O)[C@H](CO)NC(=O)[C@@H](N)CCCN=C(N)N)C(=O)N[C@@H](Cc1ccccc1)C(=O)N[C@@H](CCC(=O)O)C(=O)N[C@@H](CCCCN)C(=O)O. The van der Waals surface area contributed by atoms with Crippen molar-refractivity contribution in [2.45, 2.75) is 207 Å². The monoisotopic (exact) mass is 1780 g/mol. The Labute approximate surface area is 706 Å². The van der Waals surface area contributed by atoms with Crippen molar-refractivity contribution in [3.05, 3.63) is 72.3 Å². The number of H-pyrrole nitrogens is 2. The molecule has 13 amide bonds. The molecule has 0 spiro atoms. The summed E-state index contributed by atoms with van der Waals surface area (Å²) in [6.45, 7) is 6.32. The van der Waals surface area contributed by atoms with Crippen molar-refractivity contribution >= 4 is 155 Å². The normalized spacial score (nSPS) is 14.9. The smallest absolute Gasteiger partial charge is 0.481 e. The number of guanidine groups is 2. The van der Waals surface area contributed by atoms with Crippen molar-refractivity contribution < 1.29 is 87.2 Å². The number of carbonyl (C=O) groups is 15. The van der Waals surface area contributed by atoms with Crippen LogP contribution >= 0.6 is 37.9 Å². The van der Waals surface area contributed by atoms with Gasteiger partial charge in [0.2, 0.25) is 41.4 Å². The molecule has 47 heteroatoms. The number of nitrogens with zero attached hydrogens (tertiary/aromatic N) is 4. The van der Waals surface area contributed by atoms with E-state index in [1.807, 2.05) is 0 Å². The molecule has 0 aliphatic carbocycles. The molecule has 0 bridgehead atoms. The molecule has 0 unspecified atom stereocenters. The molecule has 1 radical (unpaired) electrons. The number of aliphatic carboxylic acids is 2. The van der Waals surface area contributed by atoms with Crippen LogP contribution in [0.4, 0.5) is 0 Å². The van der Waals surface area contributed by atoms with Gasteiger partial charge in [0, 0.05) is 55.3 Å². The van der Waals surface area contributed by atoms with Crippen molar-refractivity contribution in [2.75, 3.05) is 43.5 Å². The second kappa shape index (κ2) is 54.6. The minimum absolute atomic E-state index is 0.0231. The standard InChI is InChI=1S/C71H114N25O18S3Se/c1-5-37(4)55(68(112)90-46(24-38-13-7-6-8-14-38)59(103)85-43(18-19-54(98)99)58(102)86-44(69(113)114)16-9-10-20-72)96-62(106)45(23-36(2)3)87-60(104)47(25-39-27-78-34-82-39)88-57(101)42(17-12-22-81-71(76)77)84-64(108)50(30-115)92-61(105)48(26-40-28-79-35-83-40)89-65(109)51(31-116)93-66(110)52(32-117)94-67(111)53(33-118)95-63(107)49(29-97)91-56(100)41(73)15-11-21-80-70(74)75/h6-8,13-14,27-28,34-37,41-53,55,97,115-117H,5,9-12,15-26,29-33,72-73H2,1-4H3,(H,78,82)(H,79,83)(H,84,108)(H,85,103)(H,86,102)(H,87,104)(H,88,101)(H,89,109)(H,90,112)(H,91,100)(H,92,105)(H,93,110)(H,94,111)(H,95,107)(H,96,106)(H,98,99)(H,113,114)(H4,74,75,80)(H4,76,77,81)/t37-,41-,42-,43-,44-,45-,46-,47-,48-,49-,50-,51-,52-,53-,55-/m0/s1. The fourth-order valence-corrected chi connectivity index (χ4v) is 12.6. The van der Waals surface area contributed by atoms with Crippen LogP contribution in [0.5, 0.6) is 0 Å². The van der Waals surface area contributed by atoms with Gasteiger partial charge < -0.3 is 91.4 Å². The van der Waals surface area contributed by atoms with Gasteiger partial charge in [-0.05, 0) is 68.9 Å². The minimum Gasteiger partial charge on any atom is -0.481 e. The third-order valence-corrected chi connectivity index (χ3v) is 19.9. The number of carboxylic acids is 2. The van der Waals surface area contributed by atoms with E-state index >= 15 is 0 Å². The Morgan fingerprint density at radius 1 is 0.466 bits per heavy atom. The van der Waals surface area contributed by atoms with Crippen molar-refractivity contribution in [3.63, 3.8) is 0 Å². The molecule has 118 heavy (non-hydrogen) atoms. The maximum absolute atomic E-state index is 14.9. The topological polar surface area (TPSA) is 711 Å². The zero-order chi connectivity index (χ0) is 88.1. The number of hydrogen-bond acceptors (Lipinski definition) is 25. The second-order valence-corrected chi connectivity index (χ2v) is 29.7. The number of hydrogen-bond donors (Lipinski definition) is 27. The number of aliphatic imine (C=N–C) groups is 2. The van der Waals surface area contributed by atoms with Gasteiger partial charge in [0.05, 0.1) is 12.7 Å². The van der Waals surface area contributed by atoms with E-state index in [1.54, 1.807) is 58.0 Å². The quantitative estimate of drug-likeness (QED) is 0.00821. The number of benzene rings is 1. The molecular formula is C71H114N25O18S3Se. The Balaban J connectivity index is 1.92. The molecular weight excluding hydrogens is 1670 g/mol. The van der Waals surface area contributed by atoms with Gasteiger partial charge in [-0.25, -0.2) is 14.8 Å². The summed E-state index contributed by atoms with van der Waals surface area (Å²) in [5.74, 6) is -17.7. The molecule has 15 atom stereocenters. The van der Waals surface area contributed by atoms with E-state index in [4.69, 9.17) is 34.4 Å². The number of nitrogens with one attached hydrogen (secondary N) is 15. The number of carboxylic acid groups (broad SMARTS) is 2. The molecule has 30 N–H and O–H groups in total. The number of imidazole rings is 2. The third-order valence-electron chi connectivity index (χ3n) is 18.1. The number of aliphatic hydroxyl groups is 1. The Bertz CT molecular complexity index is 3810. The first-order valence-corrected chi connectivity index (χ1v) is 41.1. The Morgan fingerprint density at radius 2 is 0.847 bits per heavy atom. The van der Waals surface area contributed by atoms with Crippen molar-refractivity contribution in [3.8, 4) is 0 Å². The fraction of sp³-hybridized carbons (Fsp3) is 0.592. The predicted octanol–water partition coefficient (Wildman–Crippen LogP) is -7.56. The molecule has 655 valence electrons. The van der Waals surface area contributed by atoms with Crippen LogP contribution in [0.1, 0.15) is 115 Å². The maximum atomic E-state index is 14.9. The first-order chi connectivity index (χ1) is 56.0. The van der Waals surface area contributed by atoms with E-state index in [0.29, 0.717) is 36.2 Å². The number of aliphatic hydroxyl groups excluding tert-OH is 1. The zero-order valence-corrected chi connectivity index (χ0v) is 70.4. The van der Waals surface area contributed by atoms with Crippen LogP contribution in [0.15, 0.2) is 65.4 Å². The van der Waals surface area contributed by atoms with Crippen molar-refractivity contribution in [1.29, 1.82) is 0 Å². The molecule has 2 heterocycles. The summed E-state index contributed by atoms with van der Waals surface area (Å²) in [6.07, 6.45) is 4.55. The average molecular weight is 1780 g/mol. The first kappa shape index (κ1) is 102. The summed E-state index contributed by atoms with van der Waals surface area (Å²) in [7, 11) is 0. The van der Waals surface area contributed by atoms with E-state index in [0.717, 1.165) is 0 Å². The van der Waals surface area contributed by atoms with Gasteiger partial charge >= 0.3 is 241 Å². The molecule has 3 rings (SSSR count). The first-order valence-electron chi connectivity index (χ1n) is 38.0. The van der Waals surface area contributed by atoms with Gasteiger partial charge in [-0.3, -0.25) is 48.1 Å². The third kappa shape index (κ3) is 37.5. The molecule has 0 aliphatic heterocycles. The zero-order valence-electron chi connectivity index (χ0n) is 66.0. The number of aromatic nitrogens is 4. The minimum atomic E-state index is -1.60. The molecule has 0 saturated heterocycles. The number of rotatable bonds is 57. The van der Waals surface area contributed by atoms with Crippen LogP contribution < -0.4 is 104 Å². The van der Waals surface area contributed by atoms with Crippen LogP contribution in [0.25, 0.3) is 0 Å². The van der Waals surface area contributed by atoms with Crippen LogP contribution in [0, 0.1) is 11.8 Å². The number of unbranched alkanes of at least 4 members (excludes halogenated alkanes) is 1. The molecule has 0 aliphatic rings. The van der Waals surface area contributed by atoms with E-state index in [-0.39, 0.29) is 106 Å². The summed E-state index contributed by atoms with van der Waals surface area (Å²) < 4.78 is 0. The summed E-state index contributed by atoms with van der Waals surface area (Å²) in [4.78, 5) is 229. The summed E-state index contributed by atoms with van der Waals surface area (Å²) in [6, 6.07) is -12.4. The summed E-state index contributed by atoms with van der Waals surface area (Å²) in [5, 5.41) is 62.3. The molecule has 43 nitrogen and oxygen atoms in total. The Morgan fingerprint density at radius 3 is 1.27 bits per heavy atom. The fourth-order valence-electron chi connectivity index (χ4n) is 11.3. The van der Waals surface area contributed by atoms with Gasteiger partial charge in [0.1, 0.15) is 48.3 Å². The summed E-state index contributed by atoms with van der Waals surface area (Å²) >= 11 is 15.4. The number of thiol groups is 3. The van der Waals surface area contributed by atoms with E-state index in [2.05, 4.69) is 153 Å². The van der Waals surface area contributed by atoms with Crippen LogP contribution in [0.3, 0.4) is 0 Å². The molecule has 1 aromatic carbocycles. The Kier molecular flexibility index (Phi) is 47.2. The van der Waals surface area contributed by atoms with Crippen LogP contribution in [0.2, 0.25) is 5.32 Å². The van der Waals surface area contributed by atoms with Crippen LogP contribution in [-0.4, -0.2) is 280 Å². The van der Waals surface area contributed by atoms with E-state index in [9.17, 15) is 87.2 Å². The van der Waals surface area contributed by atoms with E-state index < -0.39 is 210 Å². The van der Waals surface area contributed by atoms with Gasteiger partial charge in [0.15, 0.2) is 11.9 Å². The van der Waals surface area contributed by atoms with Gasteiger partial charge in [-0.15, -0.1) is 0 Å². The van der Waals surface area contributed by atoms with Crippen molar-refractivity contribution in [2.24, 2.45) is 56.2 Å². The molecule has 0 saturated carbocycles. The number of aromatic amines is 2. The average Bonchev–Trinajstić information content (AvgIpc) is 0.931. The van der Waals surface area contributed by atoms with Crippen molar-refractivity contribution in [1.82, 2.24) is 89.1 Å². The van der Waals surface area contributed by atoms with Gasteiger partial charge in [0.25, 0.3) is 0 Å².